The second-order valence-electron chi connectivity index (χ2n) is 16.6. The monoisotopic (exact) mass is 803 g/mol. The van der Waals surface area contributed by atoms with E-state index in [0.717, 1.165) is 27.9 Å². The summed E-state index contributed by atoms with van der Waals surface area (Å²) in [4.78, 5) is 10.3. The highest BCUT2D eigenvalue weighted by atomic mass is 16.7. The molecule has 5 aromatic carbocycles. The highest BCUT2D eigenvalue weighted by molar-refractivity contribution is 5.61. The maximum Gasteiger partial charge on any atom is 0.188 e. The zero-order chi connectivity index (χ0) is 42.0. The standard InChI is InChI=1S/C48H55NO8.CH2O/c1-46(2)29-53-44(54-30-46)36-20-22-42(52-6)40(24-36)48(50,41-25-37(21-23-43(41)57-33-51-5)45-55-31-47(3,4)32-56-45)38-18-13-19-39(26-38)49(27-34-14-9-7-10-15-34)28-35-16-11-8-12-17-35;1-2/h7-26,44-45,50H,27-33H2,1-6H3;1H2. The molecule has 1 unspecified atom stereocenters. The smallest absolute Gasteiger partial charge is 0.188 e. The summed E-state index contributed by atoms with van der Waals surface area (Å²) in [7, 11) is 3.18. The predicted molar refractivity (Wildman–Crippen MR) is 227 cm³/mol. The molecule has 2 aliphatic heterocycles. The van der Waals surface area contributed by atoms with Gasteiger partial charge >= 0.3 is 0 Å². The quantitative estimate of drug-likeness (QED) is 0.0864. The molecule has 59 heavy (non-hydrogen) atoms. The lowest BCUT2D eigenvalue weighted by atomic mass is 9.78. The Morgan fingerprint density at radius 2 is 1.12 bits per heavy atom. The lowest BCUT2D eigenvalue weighted by Gasteiger charge is -2.37. The van der Waals surface area contributed by atoms with Crippen LogP contribution in [-0.4, -0.2) is 59.3 Å². The fourth-order valence-corrected chi connectivity index (χ4v) is 7.38. The number of aliphatic hydroxyl groups is 1. The molecule has 1 N–H and O–H groups in total. The summed E-state index contributed by atoms with van der Waals surface area (Å²) >= 11 is 0. The molecule has 0 spiro atoms. The molecule has 312 valence electrons. The predicted octanol–water partition coefficient (Wildman–Crippen LogP) is 9.13. The van der Waals surface area contributed by atoms with Crippen molar-refractivity contribution in [1.82, 2.24) is 0 Å². The number of anilines is 1. The Hall–Kier alpha value is -5.07. The molecule has 0 radical (unpaired) electrons. The molecule has 2 saturated heterocycles. The SMILES string of the molecule is C=O.COCOc1ccc(C2OCC(C)(C)CO2)cc1C(O)(c1cccc(N(Cc2ccccc2)Cc2ccccc2)c1)c1cc(C2OCC(C)(C)CO2)ccc1OC. The minimum Gasteiger partial charge on any atom is -0.496 e. The summed E-state index contributed by atoms with van der Waals surface area (Å²) < 4.78 is 42.8. The van der Waals surface area contributed by atoms with Crippen molar-refractivity contribution in [3.05, 3.63) is 160 Å². The van der Waals surface area contributed by atoms with Crippen molar-refractivity contribution >= 4 is 12.5 Å². The van der Waals surface area contributed by atoms with Crippen LogP contribution in [0.2, 0.25) is 0 Å². The normalized spacial score (nSPS) is 17.5. The average Bonchev–Trinajstić information content (AvgIpc) is 3.26. The first-order valence-corrected chi connectivity index (χ1v) is 19.8. The van der Waals surface area contributed by atoms with Gasteiger partial charge in [-0.25, -0.2) is 0 Å². The highest BCUT2D eigenvalue weighted by Crippen LogP contribution is 2.48. The van der Waals surface area contributed by atoms with E-state index in [4.69, 9.17) is 38.0 Å². The van der Waals surface area contributed by atoms with Gasteiger partial charge in [-0.15, -0.1) is 0 Å². The third-order valence-corrected chi connectivity index (χ3v) is 10.4. The van der Waals surface area contributed by atoms with Crippen molar-refractivity contribution < 1.29 is 43.1 Å². The van der Waals surface area contributed by atoms with Gasteiger partial charge in [0.2, 0.25) is 0 Å². The molecule has 2 heterocycles. The Kier molecular flexibility index (Phi) is 14.3. The average molecular weight is 804 g/mol. The minimum atomic E-state index is -1.86. The van der Waals surface area contributed by atoms with Gasteiger partial charge in [0.25, 0.3) is 0 Å². The van der Waals surface area contributed by atoms with Crippen molar-refractivity contribution in [2.45, 2.75) is 59.0 Å². The molecule has 7 rings (SSSR count). The first-order chi connectivity index (χ1) is 28.5. The molecule has 0 saturated carbocycles. The molecule has 5 aromatic rings. The fourth-order valence-electron chi connectivity index (χ4n) is 7.38. The van der Waals surface area contributed by atoms with Crippen LogP contribution >= 0.6 is 0 Å². The number of hydrogen-bond acceptors (Lipinski definition) is 10. The first kappa shape index (κ1) is 43.5. The van der Waals surface area contributed by atoms with E-state index in [9.17, 15) is 5.11 Å². The van der Waals surface area contributed by atoms with Gasteiger partial charge < -0.3 is 48.0 Å². The van der Waals surface area contributed by atoms with E-state index >= 15 is 0 Å². The van der Waals surface area contributed by atoms with Crippen molar-refractivity contribution in [1.29, 1.82) is 0 Å². The number of methoxy groups -OCH3 is 2. The van der Waals surface area contributed by atoms with Gasteiger partial charge in [-0.3, -0.25) is 0 Å². The Morgan fingerprint density at radius 1 is 0.644 bits per heavy atom. The topological polar surface area (TPSA) is 105 Å². The zero-order valence-electron chi connectivity index (χ0n) is 35.0. The second-order valence-corrected chi connectivity index (χ2v) is 16.6. The van der Waals surface area contributed by atoms with Crippen molar-refractivity contribution in [2.75, 3.05) is 52.3 Å². The Bertz CT molecular complexity index is 2050. The molecule has 2 aliphatic rings. The zero-order valence-corrected chi connectivity index (χ0v) is 35.0. The number of ether oxygens (including phenoxy) is 7. The molecular weight excluding hydrogens is 747 g/mol. The van der Waals surface area contributed by atoms with Gasteiger partial charge in [0.15, 0.2) is 19.4 Å². The van der Waals surface area contributed by atoms with Gasteiger partial charge in [0, 0.05) is 59.0 Å². The number of carbonyl (C=O) groups excluding carboxylic acids is 1. The summed E-state index contributed by atoms with van der Waals surface area (Å²) in [5.41, 5.74) is 4.19. The van der Waals surface area contributed by atoms with Crippen LogP contribution in [0.3, 0.4) is 0 Å². The van der Waals surface area contributed by atoms with E-state index in [1.165, 1.54) is 0 Å². The van der Waals surface area contributed by atoms with Gasteiger partial charge in [-0.2, -0.15) is 0 Å². The molecular formula is C49H57NO9. The molecule has 0 amide bonds. The molecule has 0 aromatic heterocycles. The molecule has 1 atom stereocenters. The van der Waals surface area contributed by atoms with Crippen LogP contribution in [0.4, 0.5) is 5.69 Å². The van der Waals surface area contributed by atoms with E-state index in [1.807, 2.05) is 67.5 Å². The third-order valence-electron chi connectivity index (χ3n) is 10.4. The largest absolute Gasteiger partial charge is 0.496 e. The van der Waals surface area contributed by atoms with Crippen molar-refractivity contribution in [3.8, 4) is 11.5 Å². The number of carbonyl (C=O) groups is 1. The Balaban J connectivity index is 0.00000288. The summed E-state index contributed by atoms with van der Waals surface area (Å²) in [5, 5.41) is 13.9. The summed E-state index contributed by atoms with van der Waals surface area (Å²) in [5.74, 6) is 0.901. The number of benzene rings is 5. The number of rotatable bonds is 14. The number of hydrogen-bond donors (Lipinski definition) is 1. The minimum absolute atomic E-state index is 0.0360. The van der Waals surface area contributed by atoms with Crippen LogP contribution in [0.15, 0.2) is 121 Å². The van der Waals surface area contributed by atoms with Gasteiger partial charge in [-0.05, 0) is 53.1 Å². The second kappa shape index (κ2) is 19.3. The fraction of sp³-hybridized carbons (Fsp3) is 0.367. The summed E-state index contributed by atoms with van der Waals surface area (Å²) in [6.07, 6.45) is -1.27. The van der Waals surface area contributed by atoms with Gasteiger partial charge in [-0.1, -0.05) is 113 Å². The maximum atomic E-state index is 13.9. The Labute approximate surface area is 348 Å². The van der Waals surface area contributed by atoms with Crippen LogP contribution in [0.1, 0.15) is 79.2 Å². The van der Waals surface area contributed by atoms with Crippen LogP contribution in [0, 0.1) is 10.8 Å². The molecule has 2 fully saturated rings. The highest BCUT2D eigenvalue weighted by Gasteiger charge is 2.42. The molecule has 0 aliphatic carbocycles. The number of nitrogens with zero attached hydrogens (tertiary/aromatic N) is 1. The summed E-state index contributed by atoms with van der Waals surface area (Å²) in [6, 6.07) is 40.2. The van der Waals surface area contributed by atoms with Crippen LogP contribution in [0.25, 0.3) is 0 Å². The van der Waals surface area contributed by atoms with E-state index in [0.29, 0.717) is 67.7 Å². The Morgan fingerprint density at radius 3 is 1.59 bits per heavy atom. The van der Waals surface area contributed by atoms with Gasteiger partial charge in [0.1, 0.15) is 23.9 Å². The molecule has 0 bridgehead atoms. The van der Waals surface area contributed by atoms with E-state index in [1.54, 1.807) is 14.2 Å². The maximum absolute atomic E-state index is 13.9. The van der Waals surface area contributed by atoms with Crippen molar-refractivity contribution in [2.24, 2.45) is 10.8 Å². The lowest BCUT2D eigenvalue weighted by Crippen LogP contribution is -2.35. The van der Waals surface area contributed by atoms with Crippen LogP contribution < -0.4 is 14.4 Å². The van der Waals surface area contributed by atoms with Crippen molar-refractivity contribution in [3.63, 3.8) is 0 Å². The van der Waals surface area contributed by atoms with E-state index in [2.05, 4.69) is 93.3 Å². The molecule has 10 heteroatoms. The summed E-state index contributed by atoms with van der Waals surface area (Å²) in [6.45, 7) is 13.8. The van der Waals surface area contributed by atoms with E-state index < -0.39 is 18.2 Å². The van der Waals surface area contributed by atoms with Gasteiger partial charge in [0.05, 0.1) is 33.5 Å². The first-order valence-electron chi connectivity index (χ1n) is 19.8. The third kappa shape index (κ3) is 10.4. The van der Waals surface area contributed by atoms with E-state index in [-0.39, 0.29) is 17.6 Å². The molecule has 10 nitrogen and oxygen atoms in total. The van der Waals surface area contributed by atoms with Crippen LogP contribution in [0.5, 0.6) is 11.5 Å². The lowest BCUT2D eigenvalue weighted by molar-refractivity contribution is -0.226. The van der Waals surface area contributed by atoms with Crippen LogP contribution in [-0.2, 0) is 47.2 Å².